The molecule has 3 amide bonds. The molecule has 1 aromatic rings. The van der Waals surface area contributed by atoms with Crippen molar-refractivity contribution in [2.45, 2.75) is 6.54 Å². The van der Waals surface area contributed by atoms with Crippen LogP contribution < -0.4 is 16.5 Å². The fraction of sp³-hybridized carbons (Fsp3) is 0.273. The zero-order chi connectivity index (χ0) is 12.7. The van der Waals surface area contributed by atoms with E-state index in [1.54, 1.807) is 7.05 Å². The number of nitrogens with one attached hydrogen (secondary N) is 2. The molecule has 92 valence electrons. The molecule has 0 saturated heterocycles. The highest BCUT2D eigenvalue weighted by molar-refractivity contribution is 5.77. The number of hydrogen-bond acceptors (Lipinski definition) is 3. The Kier molecular flexibility index (Phi) is 4.96. The Morgan fingerprint density at radius 2 is 1.94 bits per heavy atom. The maximum absolute atomic E-state index is 11.4. The molecule has 0 unspecified atom stereocenters. The molecule has 0 radical (unpaired) electrons. The average Bonchev–Trinajstić information content (AvgIpc) is 2.26. The van der Waals surface area contributed by atoms with Gasteiger partial charge in [-0.15, -0.1) is 0 Å². The lowest BCUT2D eigenvalue weighted by atomic mass is 10.2. The minimum atomic E-state index is -0.504. The third kappa shape index (κ3) is 5.53. The highest BCUT2D eigenvalue weighted by Gasteiger charge is 2.06. The van der Waals surface area contributed by atoms with Crippen LogP contribution in [0.5, 0.6) is 0 Å². The van der Waals surface area contributed by atoms with E-state index in [1.807, 2.05) is 30.3 Å². The van der Waals surface area contributed by atoms with E-state index in [9.17, 15) is 9.59 Å². The molecule has 1 rings (SSSR count). The van der Waals surface area contributed by atoms with E-state index in [2.05, 4.69) is 10.7 Å². The van der Waals surface area contributed by atoms with Gasteiger partial charge in [0.2, 0.25) is 5.91 Å². The molecule has 0 heterocycles. The minimum absolute atomic E-state index is 0.0290. The van der Waals surface area contributed by atoms with Crippen LogP contribution in [0.1, 0.15) is 5.56 Å². The summed E-state index contributed by atoms with van der Waals surface area (Å²) >= 11 is 0. The Hall–Kier alpha value is -2.08. The zero-order valence-electron chi connectivity index (χ0n) is 9.64. The molecule has 0 bridgehead atoms. The summed E-state index contributed by atoms with van der Waals surface area (Å²) in [6, 6.07) is 9.14. The summed E-state index contributed by atoms with van der Waals surface area (Å²) in [5.74, 6) is -0.504. The van der Waals surface area contributed by atoms with Crippen molar-refractivity contribution in [3.8, 4) is 0 Å². The highest BCUT2D eigenvalue weighted by Crippen LogP contribution is 1.96. The van der Waals surface area contributed by atoms with Crippen molar-refractivity contribution >= 4 is 11.9 Å². The van der Waals surface area contributed by atoms with E-state index >= 15 is 0 Å². The molecule has 17 heavy (non-hydrogen) atoms. The van der Waals surface area contributed by atoms with Gasteiger partial charge in [0, 0.05) is 13.6 Å². The van der Waals surface area contributed by atoms with Crippen LogP contribution in [0.2, 0.25) is 0 Å². The third-order valence-corrected chi connectivity index (χ3v) is 1.98. The van der Waals surface area contributed by atoms with E-state index < -0.39 is 5.91 Å². The number of benzene rings is 1. The van der Waals surface area contributed by atoms with Crippen LogP contribution in [0.15, 0.2) is 30.3 Å². The molecular formula is C11H16N4O2. The van der Waals surface area contributed by atoms with Crippen LogP contribution in [-0.4, -0.2) is 30.5 Å². The maximum atomic E-state index is 11.4. The number of carbonyl (C=O) groups is 2. The van der Waals surface area contributed by atoms with Crippen LogP contribution in [-0.2, 0) is 11.3 Å². The van der Waals surface area contributed by atoms with Gasteiger partial charge in [0.15, 0.2) is 0 Å². The third-order valence-electron chi connectivity index (χ3n) is 1.98. The second-order valence-corrected chi connectivity index (χ2v) is 3.60. The van der Waals surface area contributed by atoms with Gasteiger partial charge >= 0.3 is 6.03 Å². The molecule has 0 aromatic heterocycles. The number of hydrogen-bond donors (Lipinski definition) is 3. The van der Waals surface area contributed by atoms with Crippen LogP contribution >= 0.6 is 0 Å². The second-order valence-electron chi connectivity index (χ2n) is 3.60. The molecule has 6 nitrogen and oxygen atoms in total. The molecule has 0 saturated carbocycles. The molecule has 4 N–H and O–H groups in total. The van der Waals surface area contributed by atoms with Crippen LogP contribution in [0.3, 0.4) is 0 Å². The SMILES string of the molecule is CN(CC(N)=O)NC(=O)NCc1ccccc1. The maximum Gasteiger partial charge on any atom is 0.329 e. The lowest BCUT2D eigenvalue weighted by molar-refractivity contribution is -0.119. The summed E-state index contributed by atoms with van der Waals surface area (Å²) in [6.07, 6.45) is 0. The Balaban J connectivity index is 2.28. The molecule has 0 aliphatic rings. The number of likely N-dealkylation sites (N-methyl/N-ethyl adjacent to an activating group) is 1. The van der Waals surface area contributed by atoms with E-state index in [0.29, 0.717) is 6.54 Å². The number of primary amides is 1. The predicted octanol–water partition coefficient (Wildman–Crippen LogP) is -0.182. The summed E-state index contributed by atoms with van der Waals surface area (Å²) < 4.78 is 0. The van der Waals surface area contributed by atoms with E-state index in [4.69, 9.17) is 5.73 Å². The van der Waals surface area contributed by atoms with Gasteiger partial charge in [0.1, 0.15) is 0 Å². The summed E-state index contributed by atoms with van der Waals surface area (Å²) in [4.78, 5) is 22.0. The number of hydrazine groups is 1. The van der Waals surface area contributed by atoms with Gasteiger partial charge in [-0.1, -0.05) is 30.3 Å². The van der Waals surface area contributed by atoms with E-state index in [-0.39, 0.29) is 12.6 Å². The fourth-order valence-corrected chi connectivity index (χ4v) is 1.26. The largest absolute Gasteiger partial charge is 0.368 e. The van der Waals surface area contributed by atoms with Crippen molar-refractivity contribution in [2.75, 3.05) is 13.6 Å². The lowest BCUT2D eigenvalue weighted by Crippen LogP contribution is -2.47. The minimum Gasteiger partial charge on any atom is -0.368 e. The average molecular weight is 236 g/mol. The zero-order valence-corrected chi connectivity index (χ0v) is 9.64. The standard InChI is InChI=1S/C11H16N4O2/c1-15(8-10(12)16)14-11(17)13-7-9-5-3-2-4-6-9/h2-6H,7-8H2,1H3,(H2,12,16)(H2,13,14,17). The quantitative estimate of drug-likeness (QED) is 0.620. The van der Waals surface area contributed by atoms with Gasteiger partial charge in [-0.05, 0) is 5.56 Å². The Bertz CT molecular complexity index is 380. The van der Waals surface area contributed by atoms with Crippen LogP contribution in [0.25, 0.3) is 0 Å². The van der Waals surface area contributed by atoms with Gasteiger partial charge in [-0.3, -0.25) is 10.2 Å². The van der Waals surface area contributed by atoms with Crippen molar-refractivity contribution < 1.29 is 9.59 Å². The van der Waals surface area contributed by atoms with Crippen molar-refractivity contribution in [2.24, 2.45) is 5.73 Å². The van der Waals surface area contributed by atoms with Gasteiger partial charge < -0.3 is 11.1 Å². The predicted molar refractivity (Wildman–Crippen MR) is 63.6 cm³/mol. The molecular weight excluding hydrogens is 220 g/mol. The van der Waals surface area contributed by atoms with Crippen molar-refractivity contribution in [1.82, 2.24) is 15.8 Å². The highest BCUT2D eigenvalue weighted by atomic mass is 16.2. The topological polar surface area (TPSA) is 87.5 Å². The van der Waals surface area contributed by atoms with E-state index in [0.717, 1.165) is 5.56 Å². The molecule has 0 atom stereocenters. The molecule has 0 aliphatic carbocycles. The molecule has 0 spiro atoms. The van der Waals surface area contributed by atoms with E-state index in [1.165, 1.54) is 5.01 Å². The Labute approximate surface area is 99.7 Å². The number of amides is 3. The number of urea groups is 1. The van der Waals surface area contributed by atoms with Gasteiger partial charge in [-0.2, -0.15) is 0 Å². The van der Waals surface area contributed by atoms with Crippen LogP contribution in [0, 0.1) is 0 Å². The lowest BCUT2D eigenvalue weighted by Gasteiger charge is -2.16. The first kappa shape index (κ1) is 13.0. The normalized spacial score (nSPS) is 10.0. The Morgan fingerprint density at radius 3 is 2.53 bits per heavy atom. The fourth-order valence-electron chi connectivity index (χ4n) is 1.26. The number of nitrogens with two attached hydrogens (primary N) is 1. The summed E-state index contributed by atoms with van der Waals surface area (Å²) in [6.45, 7) is 0.399. The first-order valence-electron chi connectivity index (χ1n) is 5.16. The van der Waals surface area contributed by atoms with Gasteiger partial charge in [-0.25, -0.2) is 9.80 Å². The molecule has 0 aliphatic heterocycles. The van der Waals surface area contributed by atoms with Crippen molar-refractivity contribution in [1.29, 1.82) is 0 Å². The first-order valence-corrected chi connectivity index (χ1v) is 5.16. The summed E-state index contributed by atoms with van der Waals surface area (Å²) in [5.41, 5.74) is 8.45. The summed E-state index contributed by atoms with van der Waals surface area (Å²) in [5, 5.41) is 3.98. The first-order chi connectivity index (χ1) is 8.08. The monoisotopic (exact) mass is 236 g/mol. The number of nitrogens with zero attached hydrogens (tertiary/aromatic N) is 1. The number of carbonyl (C=O) groups excluding carboxylic acids is 2. The van der Waals surface area contributed by atoms with Gasteiger partial charge in [0.25, 0.3) is 0 Å². The molecule has 0 fully saturated rings. The van der Waals surface area contributed by atoms with Gasteiger partial charge in [0.05, 0.1) is 6.54 Å². The Morgan fingerprint density at radius 1 is 1.29 bits per heavy atom. The number of rotatable bonds is 5. The summed E-state index contributed by atoms with van der Waals surface area (Å²) in [7, 11) is 1.56. The second kappa shape index (κ2) is 6.49. The van der Waals surface area contributed by atoms with Crippen LogP contribution in [0.4, 0.5) is 4.79 Å². The molecule has 1 aromatic carbocycles. The smallest absolute Gasteiger partial charge is 0.329 e. The van der Waals surface area contributed by atoms with Crippen molar-refractivity contribution in [3.63, 3.8) is 0 Å². The van der Waals surface area contributed by atoms with Crippen molar-refractivity contribution in [3.05, 3.63) is 35.9 Å². The molecule has 6 heteroatoms.